The Morgan fingerprint density at radius 2 is 1.72 bits per heavy atom. The number of imidazole rings is 1. The van der Waals surface area contributed by atoms with Gasteiger partial charge in [-0.3, -0.25) is 4.79 Å². The van der Waals surface area contributed by atoms with Crippen molar-refractivity contribution in [3.05, 3.63) is 59.4 Å². The van der Waals surface area contributed by atoms with Crippen LogP contribution in [0.25, 0.3) is 11.0 Å². The molecule has 0 aliphatic carbocycles. The van der Waals surface area contributed by atoms with Crippen LogP contribution < -0.4 is 10.1 Å². The van der Waals surface area contributed by atoms with Crippen molar-refractivity contribution in [1.82, 2.24) is 19.8 Å². The van der Waals surface area contributed by atoms with Crippen LogP contribution in [-0.4, -0.2) is 53.6 Å². The number of hydrogen-bond donors (Lipinski definition) is 1. The number of aryl methyl sites for hydroxylation is 1. The second kappa shape index (κ2) is 17.0. The Labute approximate surface area is 237 Å². The van der Waals surface area contributed by atoms with Gasteiger partial charge in [-0.1, -0.05) is 67.0 Å². The molecule has 1 amide bonds. The topological polar surface area (TPSA) is 59.4 Å². The second-order valence-corrected chi connectivity index (χ2v) is 11.1. The SMILES string of the molecule is CCCCNCC.CCCn1c(Cc2cccc(OC)c2)nc2ccc(C(=O)N(CC(C)C)CC(C)C)cc21. The maximum atomic E-state index is 13.4. The number of nitrogens with zero attached hydrogens (tertiary/aromatic N) is 3. The molecule has 0 fully saturated rings. The van der Waals surface area contributed by atoms with Crippen LogP contribution >= 0.6 is 0 Å². The number of hydrogen-bond acceptors (Lipinski definition) is 4. The number of fused-ring (bicyclic) bond motifs is 1. The zero-order valence-electron chi connectivity index (χ0n) is 25.7. The Kier molecular flexibility index (Phi) is 14.1. The molecule has 39 heavy (non-hydrogen) atoms. The highest BCUT2D eigenvalue weighted by atomic mass is 16.5. The summed E-state index contributed by atoms with van der Waals surface area (Å²) in [5, 5.41) is 3.25. The molecule has 216 valence electrons. The third-order valence-corrected chi connectivity index (χ3v) is 6.43. The first kappa shape index (κ1) is 32.4. The molecule has 1 aromatic heterocycles. The number of ether oxygens (including phenoxy) is 1. The molecule has 0 atom stereocenters. The predicted molar refractivity (Wildman–Crippen MR) is 165 cm³/mol. The van der Waals surface area contributed by atoms with Crippen LogP contribution in [0.1, 0.15) is 89.5 Å². The molecule has 1 N–H and O–H groups in total. The number of unbranched alkanes of at least 4 members (excludes halogenated alkanes) is 1. The smallest absolute Gasteiger partial charge is 0.253 e. The zero-order valence-corrected chi connectivity index (χ0v) is 25.7. The van der Waals surface area contributed by atoms with Crippen molar-refractivity contribution in [2.75, 3.05) is 33.3 Å². The van der Waals surface area contributed by atoms with Gasteiger partial charge in [0.05, 0.1) is 18.1 Å². The van der Waals surface area contributed by atoms with Gasteiger partial charge in [0, 0.05) is 31.6 Å². The lowest BCUT2D eigenvalue weighted by molar-refractivity contribution is 0.0715. The van der Waals surface area contributed by atoms with E-state index in [-0.39, 0.29) is 5.91 Å². The molecule has 0 aliphatic heterocycles. The average molecular weight is 537 g/mol. The van der Waals surface area contributed by atoms with Crippen LogP contribution in [0, 0.1) is 11.8 Å². The van der Waals surface area contributed by atoms with Gasteiger partial charge in [0.2, 0.25) is 0 Å². The summed E-state index contributed by atoms with van der Waals surface area (Å²) < 4.78 is 7.64. The van der Waals surface area contributed by atoms with E-state index in [0.29, 0.717) is 11.8 Å². The first-order valence-corrected chi connectivity index (χ1v) is 14.9. The first-order chi connectivity index (χ1) is 18.7. The molecule has 0 spiro atoms. The lowest BCUT2D eigenvalue weighted by atomic mass is 10.1. The molecule has 0 aliphatic rings. The quantitative estimate of drug-likeness (QED) is 0.221. The van der Waals surface area contributed by atoms with E-state index in [1.807, 2.05) is 35.2 Å². The van der Waals surface area contributed by atoms with Crippen molar-refractivity contribution >= 4 is 16.9 Å². The molecule has 0 saturated carbocycles. The second-order valence-electron chi connectivity index (χ2n) is 11.1. The van der Waals surface area contributed by atoms with Crippen LogP contribution in [0.2, 0.25) is 0 Å². The minimum absolute atomic E-state index is 0.105. The minimum atomic E-state index is 0.105. The first-order valence-electron chi connectivity index (χ1n) is 14.9. The largest absolute Gasteiger partial charge is 0.497 e. The summed E-state index contributed by atoms with van der Waals surface area (Å²) in [6, 6.07) is 14.1. The van der Waals surface area contributed by atoms with E-state index in [2.05, 4.69) is 70.5 Å². The Balaban J connectivity index is 0.000000673. The van der Waals surface area contributed by atoms with Gasteiger partial charge in [0.25, 0.3) is 5.91 Å². The van der Waals surface area contributed by atoms with Crippen LogP contribution in [0.5, 0.6) is 5.75 Å². The third kappa shape index (κ3) is 10.3. The van der Waals surface area contributed by atoms with E-state index in [4.69, 9.17) is 9.72 Å². The van der Waals surface area contributed by atoms with Gasteiger partial charge in [0.15, 0.2) is 0 Å². The van der Waals surface area contributed by atoms with Gasteiger partial charge >= 0.3 is 0 Å². The predicted octanol–water partition coefficient (Wildman–Crippen LogP) is 7.20. The average Bonchev–Trinajstić information content (AvgIpc) is 3.24. The van der Waals surface area contributed by atoms with Crippen LogP contribution in [0.4, 0.5) is 0 Å². The molecule has 0 saturated heterocycles. The van der Waals surface area contributed by atoms with E-state index in [1.165, 1.54) is 19.4 Å². The molecule has 6 heteroatoms. The molecule has 3 rings (SSSR count). The molecule has 0 radical (unpaired) electrons. The summed E-state index contributed by atoms with van der Waals surface area (Å²) in [4.78, 5) is 20.3. The van der Waals surface area contributed by atoms with Crippen molar-refractivity contribution in [3.63, 3.8) is 0 Å². The van der Waals surface area contributed by atoms with Gasteiger partial charge in [-0.2, -0.15) is 0 Å². The highest BCUT2D eigenvalue weighted by molar-refractivity contribution is 5.97. The van der Waals surface area contributed by atoms with E-state index in [0.717, 1.165) is 72.8 Å². The van der Waals surface area contributed by atoms with Crippen molar-refractivity contribution in [2.24, 2.45) is 11.8 Å². The Hall–Kier alpha value is -2.86. The summed E-state index contributed by atoms with van der Waals surface area (Å²) in [6.45, 7) is 19.8. The van der Waals surface area contributed by atoms with Gasteiger partial charge < -0.3 is 19.5 Å². The van der Waals surface area contributed by atoms with Crippen LogP contribution in [0.3, 0.4) is 0 Å². The summed E-state index contributed by atoms with van der Waals surface area (Å²) in [6.07, 6.45) is 4.34. The zero-order chi connectivity index (χ0) is 28.8. The number of benzene rings is 2. The number of amides is 1. The molecule has 0 unspecified atom stereocenters. The number of methoxy groups -OCH3 is 1. The lowest BCUT2D eigenvalue weighted by Crippen LogP contribution is -2.37. The van der Waals surface area contributed by atoms with Crippen molar-refractivity contribution in [3.8, 4) is 5.75 Å². The number of carbonyl (C=O) groups is 1. The van der Waals surface area contributed by atoms with Crippen molar-refractivity contribution in [2.45, 2.75) is 80.7 Å². The van der Waals surface area contributed by atoms with E-state index >= 15 is 0 Å². The highest BCUT2D eigenvalue weighted by Gasteiger charge is 2.20. The van der Waals surface area contributed by atoms with Crippen LogP contribution in [-0.2, 0) is 13.0 Å². The lowest BCUT2D eigenvalue weighted by Gasteiger charge is -2.26. The summed E-state index contributed by atoms with van der Waals surface area (Å²) in [7, 11) is 1.69. The van der Waals surface area contributed by atoms with Crippen molar-refractivity contribution in [1.29, 1.82) is 0 Å². The number of rotatable bonds is 14. The molecule has 2 aromatic carbocycles. The summed E-state index contributed by atoms with van der Waals surface area (Å²) in [5.41, 5.74) is 3.87. The van der Waals surface area contributed by atoms with E-state index in [1.54, 1.807) is 7.11 Å². The van der Waals surface area contributed by atoms with Gasteiger partial charge in [-0.25, -0.2) is 4.98 Å². The fourth-order valence-electron chi connectivity index (χ4n) is 4.66. The monoisotopic (exact) mass is 536 g/mol. The Morgan fingerprint density at radius 3 is 2.31 bits per heavy atom. The van der Waals surface area contributed by atoms with Crippen molar-refractivity contribution < 1.29 is 9.53 Å². The summed E-state index contributed by atoms with van der Waals surface area (Å²) in [5.74, 6) is 2.83. The number of nitrogens with one attached hydrogen (secondary N) is 1. The van der Waals surface area contributed by atoms with E-state index < -0.39 is 0 Å². The normalized spacial score (nSPS) is 11.1. The van der Waals surface area contributed by atoms with Gasteiger partial charge in [0.1, 0.15) is 11.6 Å². The molecular formula is C33H52N4O2. The Bertz CT molecular complexity index is 1120. The third-order valence-electron chi connectivity index (χ3n) is 6.43. The molecule has 0 bridgehead atoms. The molecule has 6 nitrogen and oxygen atoms in total. The molecular weight excluding hydrogens is 484 g/mol. The van der Waals surface area contributed by atoms with Gasteiger partial charge in [-0.05, 0) is 73.7 Å². The maximum Gasteiger partial charge on any atom is 0.253 e. The van der Waals surface area contributed by atoms with Crippen LogP contribution in [0.15, 0.2) is 42.5 Å². The minimum Gasteiger partial charge on any atom is -0.497 e. The Morgan fingerprint density at radius 1 is 1.00 bits per heavy atom. The maximum absolute atomic E-state index is 13.4. The van der Waals surface area contributed by atoms with E-state index in [9.17, 15) is 4.79 Å². The summed E-state index contributed by atoms with van der Waals surface area (Å²) >= 11 is 0. The highest BCUT2D eigenvalue weighted by Crippen LogP contribution is 2.23. The number of carbonyl (C=O) groups excluding carboxylic acids is 1. The molecule has 1 heterocycles. The molecule has 3 aromatic rings. The standard InChI is InChI=1S/C27H37N3O2.C6H15N/c1-7-13-30-25-16-22(27(31)29(17-19(2)3)18-20(4)5)11-12-24(25)28-26(30)15-21-9-8-10-23(14-21)32-6;1-3-5-6-7-4-2/h8-12,14,16,19-20H,7,13,15,17-18H2,1-6H3;7H,3-6H2,1-2H3. The van der Waals surface area contributed by atoms with Gasteiger partial charge in [-0.15, -0.1) is 0 Å². The fraction of sp³-hybridized carbons (Fsp3) is 0.576. The number of aromatic nitrogens is 2. The fourth-order valence-corrected chi connectivity index (χ4v) is 4.66.